The highest BCUT2D eigenvalue weighted by Crippen LogP contribution is 2.43. The van der Waals surface area contributed by atoms with E-state index in [4.69, 9.17) is 11.6 Å². The van der Waals surface area contributed by atoms with Gasteiger partial charge in [0, 0.05) is 42.7 Å². The van der Waals surface area contributed by atoms with Crippen molar-refractivity contribution in [3.63, 3.8) is 0 Å². The molecule has 0 saturated carbocycles. The molecule has 0 amide bonds. The van der Waals surface area contributed by atoms with Crippen LogP contribution in [0.25, 0.3) is 27.9 Å². The van der Waals surface area contributed by atoms with E-state index in [0.29, 0.717) is 33.7 Å². The van der Waals surface area contributed by atoms with Crippen LogP contribution in [0.4, 0.5) is 14.6 Å². The molecule has 27 heavy (non-hydrogen) atoms. The number of fused-ring (bicyclic) bond motifs is 1. The quantitative estimate of drug-likeness (QED) is 0.591. The van der Waals surface area contributed by atoms with Gasteiger partial charge in [-0.1, -0.05) is 23.8 Å². The summed E-state index contributed by atoms with van der Waals surface area (Å²) in [5, 5.41) is 0.212. The van der Waals surface area contributed by atoms with Crippen LogP contribution < -0.4 is 4.90 Å². The molecule has 140 valence electrons. The molecule has 7 heteroatoms. The van der Waals surface area contributed by atoms with Gasteiger partial charge in [-0.05, 0) is 32.4 Å². The first-order valence-electron chi connectivity index (χ1n) is 8.40. The van der Waals surface area contributed by atoms with E-state index in [0.717, 1.165) is 6.07 Å². The zero-order valence-electron chi connectivity index (χ0n) is 15.5. The molecular formula is C20H19ClF2N4. The van der Waals surface area contributed by atoms with Gasteiger partial charge in [-0.15, -0.1) is 0 Å². The fourth-order valence-electron chi connectivity index (χ4n) is 2.83. The summed E-state index contributed by atoms with van der Waals surface area (Å²) >= 11 is 6.66. The lowest BCUT2D eigenvalue weighted by molar-refractivity contribution is 0.584. The van der Waals surface area contributed by atoms with Crippen LogP contribution in [-0.2, 0) is 0 Å². The third kappa shape index (κ3) is 3.37. The van der Waals surface area contributed by atoms with Crippen molar-refractivity contribution in [1.82, 2.24) is 15.0 Å². The Balaban J connectivity index is 2.49. The lowest BCUT2D eigenvalue weighted by Crippen LogP contribution is -2.27. The molecule has 0 atom stereocenters. The van der Waals surface area contributed by atoms with E-state index < -0.39 is 11.6 Å². The van der Waals surface area contributed by atoms with E-state index in [-0.39, 0.29) is 16.6 Å². The predicted molar refractivity (Wildman–Crippen MR) is 106 cm³/mol. The molecule has 2 heterocycles. The van der Waals surface area contributed by atoms with Crippen LogP contribution in [0.1, 0.15) is 26.3 Å². The van der Waals surface area contributed by atoms with Crippen LogP contribution in [0.3, 0.4) is 0 Å². The number of halogens is 3. The molecule has 3 rings (SSSR count). The van der Waals surface area contributed by atoms with Crippen LogP contribution in [0.5, 0.6) is 0 Å². The van der Waals surface area contributed by atoms with Crippen LogP contribution in [0, 0.1) is 11.6 Å². The number of rotatable bonds is 4. The topological polar surface area (TPSA) is 41.9 Å². The SMILES string of the molecule is C=C(C)c1cc(F)cc(F)c1-c1c(N(C)C(C)C)nc2nccnc2c1Cl. The van der Waals surface area contributed by atoms with E-state index in [1.165, 1.54) is 18.5 Å². The third-order valence-corrected chi connectivity index (χ3v) is 4.78. The van der Waals surface area contributed by atoms with Gasteiger partial charge in [-0.3, -0.25) is 0 Å². The van der Waals surface area contributed by atoms with Crippen LogP contribution in [0.2, 0.25) is 5.02 Å². The second-order valence-corrected chi connectivity index (χ2v) is 7.03. The number of anilines is 1. The standard InChI is InChI=1S/C20H19ClF2N4/c1-10(2)13-8-12(22)9-14(23)15(13)16-17(21)18-19(25-7-6-24-18)26-20(16)27(5)11(3)4/h6-9,11H,1H2,2-5H3. The minimum Gasteiger partial charge on any atom is -0.357 e. The van der Waals surface area contributed by atoms with Crippen LogP contribution in [-0.4, -0.2) is 28.0 Å². The van der Waals surface area contributed by atoms with Crippen molar-refractivity contribution >= 4 is 34.2 Å². The highest BCUT2D eigenvalue weighted by atomic mass is 35.5. The minimum absolute atomic E-state index is 0.0539. The highest BCUT2D eigenvalue weighted by Gasteiger charge is 2.26. The molecule has 0 N–H and O–H groups in total. The first-order valence-corrected chi connectivity index (χ1v) is 8.78. The number of hydrogen-bond donors (Lipinski definition) is 0. The van der Waals surface area contributed by atoms with Gasteiger partial charge in [0.1, 0.15) is 23.0 Å². The van der Waals surface area contributed by atoms with Gasteiger partial charge < -0.3 is 4.90 Å². The first kappa shape index (κ1) is 19.2. The fourth-order valence-corrected chi connectivity index (χ4v) is 3.14. The van der Waals surface area contributed by atoms with Gasteiger partial charge in [0.15, 0.2) is 5.65 Å². The summed E-state index contributed by atoms with van der Waals surface area (Å²) < 4.78 is 28.8. The molecule has 0 fully saturated rings. The highest BCUT2D eigenvalue weighted by molar-refractivity contribution is 6.38. The van der Waals surface area contributed by atoms with E-state index in [1.54, 1.807) is 6.92 Å². The van der Waals surface area contributed by atoms with Crippen molar-refractivity contribution in [2.45, 2.75) is 26.8 Å². The number of benzene rings is 1. The van der Waals surface area contributed by atoms with Gasteiger partial charge in [0.25, 0.3) is 0 Å². The van der Waals surface area contributed by atoms with Gasteiger partial charge in [0.05, 0.1) is 5.02 Å². The number of aromatic nitrogens is 3. The maximum atomic E-state index is 15.0. The number of pyridine rings is 1. The molecule has 0 spiro atoms. The summed E-state index contributed by atoms with van der Waals surface area (Å²) in [6, 6.07) is 2.13. The van der Waals surface area contributed by atoms with Crippen molar-refractivity contribution in [2.24, 2.45) is 0 Å². The van der Waals surface area contributed by atoms with Gasteiger partial charge in [0.2, 0.25) is 0 Å². The Kier molecular flexibility index (Phi) is 5.11. The monoisotopic (exact) mass is 388 g/mol. The predicted octanol–water partition coefficient (Wildman–Crippen LogP) is 5.50. The molecule has 2 aromatic heterocycles. The zero-order chi connectivity index (χ0) is 19.9. The summed E-state index contributed by atoms with van der Waals surface area (Å²) in [6.07, 6.45) is 3.01. The van der Waals surface area contributed by atoms with Crippen molar-refractivity contribution in [3.05, 3.63) is 53.3 Å². The number of hydrogen-bond acceptors (Lipinski definition) is 4. The Morgan fingerprint density at radius 3 is 2.44 bits per heavy atom. The molecule has 4 nitrogen and oxygen atoms in total. The fraction of sp³-hybridized carbons (Fsp3) is 0.250. The van der Waals surface area contributed by atoms with E-state index in [1.807, 2.05) is 25.8 Å². The lowest BCUT2D eigenvalue weighted by atomic mass is 9.94. The molecular weight excluding hydrogens is 370 g/mol. The Labute approximate surface area is 161 Å². The summed E-state index contributed by atoms with van der Waals surface area (Å²) in [5.41, 5.74) is 2.04. The maximum Gasteiger partial charge on any atom is 0.181 e. The smallest absolute Gasteiger partial charge is 0.181 e. The minimum atomic E-state index is -0.738. The Hall–Kier alpha value is -2.60. The first-order chi connectivity index (χ1) is 12.7. The molecule has 3 aromatic rings. The van der Waals surface area contributed by atoms with E-state index >= 15 is 0 Å². The Bertz CT molecular complexity index is 1050. The van der Waals surface area contributed by atoms with Crippen LogP contribution in [0.15, 0.2) is 31.1 Å². The molecule has 0 aliphatic carbocycles. The van der Waals surface area contributed by atoms with Gasteiger partial charge >= 0.3 is 0 Å². The maximum absolute atomic E-state index is 15.0. The normalized spacial score (nSPS) is 11.3. The van der Waals surface area contributed by atoms with Crippen molar-refractivity contribution in [3.8, 4) is 11.1 Å². The van der Waals surface area contributed by atoms with E-state index in [9.17, 15) is 8.78 Å². The van der Waals surface area contributed by atoms with E-state index in [2.05, 4.69) is 21.5 Å². The van der Waals surface area contributed by atoms with Gasteiger partial charge in [-0.25, -0.2) is 23.7 Å². The van der Waals surface area contributed by atoms with Gasteiger partial charge in [-0.2, -0.15) is 0 Å². The molecule has 0 saturated heterocycles. The molecule has 0 aliphatic rings. The van der Waals surface area contributed by atoms with Crippen molar-refractivity contribution < 1.29 is 8.78 Å². The lowest BCUT2D eigenvalue weighted by Gasteiger charge is -2.27. The molecule has 0 aliphatic heterocycles. The summed E-state index contributed by atoms with van der Waals surface area (Å²) in [7, 11) is 1.83. The Morgan fingerprint density at radius 2 is 1.81 bits per heavy atom. The number of nitrogens with zero attached hydrogens (tertiary/aromatic N) is 4. The zero-order valence-corrected chi connectivity index (χ0v) is 16.3. The second-order valence-electron chi connectivity index (χ2n) is 6.65. The summed E-state index contributed by atoms with van der Waals surface area (Å²) in [5.74, 6) is -0.980. The molecule has 0 unspecified atom stereocenters. The largest absolute Gasteiger partial charge is 0.357 e. The average Bonchev–Trinajstić information content (AvgIpc) is 2.61. The van der Waals surface area contributed by atoms with Crippen molar-refractivity contribution in [2.75, 3.05) is 11.9 Å². The summed E-state index contributed by atoms with van der Waals surface area (Å²) in [4.78, 5) is 14.9. The second kappa shape index (κ2) is 7.19. The molecule has 1 aromatic carbocycles. The average molecular weight is 389 g/mol. The third-order valence-electron chi connectivity index (χ3n) is 4.42. The van der Waals surface area contributed by atoms with Crippen LogP contribution >= 0.6 is 11.6 Å². The molecule has 0 bridgehead atoms. The number of allylic oxidation sites excluding steroid dienone is 1. The summed E-state index contributed by atoms with van der Waals surface area (Å²) in [6.45, 7) is 9.49. The molecule has 0 radical (unpaired) electrons. The van der Waals surface area contributed by atoms with Crippen molar-refractivity contribution in [1.29, 1.82) is 0 Å². The Morgan fingerprint density at radius 1 is 1.15 bits per heavy atom.